The number of rotatable bonds is 3. The summed E-state index contributed by atoms with van der Waals surface area (Å²) >= 11 is 3.46. The van der Waals surface area contributed by atoms with Gasteiger partial charge in [-0.1, -0.05) is 0 Å². The first-order valence-electron chi connectivity index (χ1n) is 5.53. The summed E-state index contributed by atoms with van der Waals surface area (Å²) in [7, 11) is 0. The topological polar surface area (TPSA) is 44.3 Å². The second kappa shape index (κ2) is 6.98. The smallest absolute Gasteiger partial charge is 0.227 e. The highest BCUT2D eigenvalue weighted by Crippen LogP contribution is 2.17. The first kappa shape index (κ1) is 14.5. The molecule has 17 heavy (non-hydrogen) atoms. The maximum absolute atomic E-state index is 4.53. The van der Waals surface area contributed by atoms with E-state index in [-0.39, 0.29) is 12.4 Å². The van der Waals surface area contributed by atoms with Crippen LogP contribution in [0.5, 0.6) is 0 Å². The Hall–Kier alpha value is -0.590. The molecule has 0 saturated carbocycles. The molecule has 0 unspecified atom stereocenters. The molecule has 1 N–H and O–H groups in total. The maximum Gasteiger partial charge on any atom is 0.227 e. The average molecular weight is 323 g/mol. The standard InChI is InChI=1S/C10H16BrN5.ClH/c1-2-16(11)9-3-4-13-10(14-9)15-7-5-12-6-8-15;/h3-4,12H,2,5-8H2,1H3;1H. The van der Waals surface area contributed by atoms with Crippen LogP contribution >= 0.6 is 28.6 Å². The van der Waals surface area contributed by atoms with Crippen molar-refractivity contribution in [2.75, 3.05) is 41.5 Å². The molecule has 1 fully saturated rings. The first-order valence-corrected chi connectivity index (χ1v) is 6.24. The van der Waals surface area contributed by atoms with E-state index in [4.69, 9.17) is 0 Å². The van der Waals surface area contributed by atoms with Crippen molar-refractivity contribution in [1.29, 1.82) is 0 Å². The van der Waals surface area contributed by atoms with Gasteiger partial charge in [0, 0.05) is 45.0 Å². The van der Waals surface area contributed by atoms with E-state index < -0.39 is 0 Å². The van der Waals surface area contributed by atoms with E-state index in [1.54, 1.807) is 0 Å². The van der Waals surface area contributed by atoms with Gasteiger partial charge in [-0.3, -0.25) is 3.93 Å². The van der Waals surface area contributed by atoms with E-state index in [1.807, 2.05) is 16.2 Å². The van der Waals surface area contributed by atoms with Crippen molar-refractivity contribution in [1.82, 2.24) is 15.3 Å². The molecule has 0 radical (unpaired) electrons. The Labute approximate surface area is 116 Å². The van der Waals surface area contributed by atoms with Crippen LogP contribution in [0.1, 0.15) is 6.92 Å². The summed E-state index contributed by atoms with van der Waals surface area (Å²) in [4.78, 5) is 11.1. The molecule has 0 amide bonds. The first-order chi connectivity index (χ1) is 7.81. The Bertz CT molecular complexity index is 345. The third kappa shape index (κ3) is 3.69. The van der Waals surface area contributed by atoms with Crippen LogP contribution in [0.4, 0.5) is 11.8 Å². The number of hydrogen-bond donors (Lipinski definition) is 1. The van der Waals surface area contributed by atoms with Crippen molar-refractivity contribution in [2.24, 2.45) is 0 Å². The van der Waals surface area contributed by atoms with Crippen LogP contribution in [-0.4, -0.2) is 42.7 Å². The highest BCUT2D eigenvalue weighted by atomic mass is 79.9. The average Bonchev–Trinajstić information content (AvgIpc) is 2.39. The number of piperazine rings is 1. The summed E-state index contributed by atoms with van der Waals surface area (Å²) in [6.45, 7) is 6.88. The Morgan fingerprint density at radius 3 is 2.82 bits per heavy atom. The van der Waals surface area contributed by atoms with Gasteiger partial charge in [0.25, 0.3) is 0 Å². The number of halogens is 2. The summed E-state index contributed by atoms with van der Waals surface area (Å²) in [5, 5.41) is 3.32. The fraction of sp³-hybridized carbons (Fsp3) is 0.600. The summed E-state index contributed by atoms with van der Waals surface area (Å²) in [6, 6.07) is 1.91. The maximum atomic E-state index is 4.53. The van der Waals surface area contributed by atoms with Gasteiger partial charge in [-0.05, 0) is 6.92 Å². The summed E-state index contributed by atoms with van der Waals surface area (Å²) in [5.74, 6) is 1.72. The lowest BCUT2D eigenvalue weighted by atomic mass is 10.4. The van der Waals surface area contributed by atoms with Gasteiger partial charge in [0.05, 0.1) is 16.1 Å². The molecule has 0 atom stereocenters. The normalized spacial score (nSPS) is 15.3. The minimum atomic E-state index is 0. The van der Waals surface area contributed by atoms with Crippen LogP contribution in [0.25, 0.3) is 0 Å². The molecular formula is C10H17BrClN5. The largest absolute Gasteiger partial charge is 0.338 e. The van der Waals surface area contributed by atoms with Gasteiger partial charge < -0.3 is 10.2 Å². The lowest BCUT2D eigenvalue weighted by Crippen LogP contribution is -2.44. The van der Waals surface area contributed by atoms with Crippen molar-refractivity contribution >= 4 is 40.3 Å². The number of aromatic nitrogens is 2. The molecule has 2 heterocycles. The highest BCUT2D eigenvalue weighted by molar-refractivity contribution is 9.10. The molecule has 2 rings (SSSR count). The second-order valence-electron chi connectivity index (χ2n) is 3.63. The molecule has 1 aromatic heterocycles. The van der Waals surface area contributed by atoms with Crippen molar-refractivity contribution in [3.8, 4) is 0 Å². The molecule has 0 aromatic carbocycles. The van der Waals surface area contributed by atoms with Crippen molar-refractivity contribution in [3.63, 3.8) is 0 Å². The van der Waals surface area contributed by atoms with Crippen LogP contribution in [0.2, 0.25) is 0 Å². The third-order valence-electron chi connectivity index (χ3n) is 2.55. The highest BCUT2D eigenvalue weighted by Gasteiger charge is 2.14. The Morgan fingerprint density at radius 1 is 1.47 bits per heavy atom. The van der Waals surface area contributed by atoms with Crippen molar-refractivity contribution < 1.29 is 0 Å². The van der Waals surface area contributed by atoms with E-state index >= 15 is 0 Å². The zero-order chi connectivity index (χ0) is 11.4. The SMILES string of the molecule is CCN(Br)c1ccnc(N2CCNCC2)n1.Cl. The molecule has 96 valence electrons. The molecule has 1 aliphatic heterocycles. The van der Waals surface area contributed by atoms with E-state index in [0.717, 1.165) is 44.5 Å². The van der Waals surface area contributed by atoms with Crippen molar-refractivity contribution in [3.05, 3.63) is 12.3 Å². The molecule has 0 bridgehead atoms. The Balaban J connectivity index is 0.00000144. The predicted octanol–water partition coefficient (Wildman–Crippen LogP) is 1.44. The minimum Gasteiger partial charge on any atom is -0.338 e. The predicted molar refractivity (Wildman–Crippen MR) is 76.3 cm³/mol. The van der Waals surface area contributed by atoms with Crippen LogP contribution in [0.15, 0.2) is 12.3 Å². The molecule has 0 aliphatic carbocycles. The quantitative estimate of drug-likeness (QED) is 0.853. The van der Waals surface area contributed by atoms with Gasteiger partial charge in [-0.2, -0.15) is 4.98 Å². The van der Waals surface area contributed by atoms with Gasteiger partial charge >= 0.3 is 0 Å². The number of nitrogens with one attached hydrogen (secondary N) is 1. The van der Waals surface area contributed by atoms with Crippen LogP contribution in [-0.2, 0) is 0 Å². The van der Waals surface area contributed by atoms with Crippen LogP contribution < -0.4 is 14.1 Å². The zero-order valence-electron chi connectivity index (χ0n) is 9.77. The zero-order valence-corrected chi connectivity index (χ0v) is 12.2. The Kier molecular flexibility index (Phi) is 5.94. The van der Waals surface area contributed by atoms with Crippen LogP contribution in [0.3, 0.4) is 0 Å². The van der Waals surface area contributed by atoms with E-state index in [2.05, 4.69) is 43.3 Å². The molecular weight excluding hydrogens is 306 g/mol. The van der Waals surface area contributed by atoms with Gasteiger partial charge in [0.2, 0.25) is 5.95 Å². The lowest BCUT2D eigenvalue weighted by Gasteiger charge is -2.27. The van der Waals surface area contributed by atoms with Gasteiger partial charge in [-0.25, -0.2) is 4.98 Å². The van der Waals surface area contributed by atoms with Gasteiger partial charge in [0.15, 0.2) is 0 Å². The summed E-state index contributed by atoms with van der Waals surface area (Å²) in [5.41, 5.74) is 0. The number of anilines is 2. The molecule has 1 aromatic rings. The monoisotopic (exact) mass is 321 g/mol. The van der Waals surface area contributed by atoms with Gasteiger partial charge in [0.1, 0.15) is 5.82 Å². The minimum absolute atomic E-state index is 0. The third-order valence-corrected chi connectivity index (χ3v) is 3.42. The van der Waals surface area contributed by atoms with Crippen LogP contribution in [0, 0.1) is 0 Å². The van der Waals surface area contributed by atoms with E-state index in [1.165, 1.54) is 0 Å². The molecule has 0 spiro atoms. The Morgan fingerprint density at radius 2 is 2.18 bits per heavy atom. The fourth-order valence-electron chi connectivity index (χ4n) is 1.65. The second-order valence-corrected chi connectivity index (χ2v) is 4.49. The summed E-state index contributed by atoms with van der Waals surface area (Å²) in [6.07, 6.45) is 1.81. The molecule has 5 nitrogen and oxygen atoms in total. The molecule has 7 heteroatoms. The van der Waals surface area contributed by atoms with Gasteiger partial charge in [-0.15, -0.1) is 12.4 Å². The molecule has 1 aliphatic rings. The van der Waals surface area contributed by atoms with Crippen molar-refractivity contribution in [2.45, 2.75) is 6.92 Å². The lowest BCUT2D eigenvalue weighted by molar-refractivity contribution is 0.580. The van der Waals surface area contributed by atoms with E-state index in [0.29, 0.717) is 0 Å². The van der Waals surface area contributed by atoms with E-state index in [9.17, 15) is 0 Å². The number of hydrogen-bond acceptors (Lipinski definition) is 5. The fourth-order valence-corrected chi connectivity index (χ4v) is 1.85. The summed E-state index contributed by atoms with van der Waals surface area (Å²) < 4.78 is 1.93. The number of nitrogens with zero attached hydrogens (tertiary/aromatic N) is 4. The molecule has 1 saturated heterocycles.